The van der Waals surface area contributed by atoms with Crippen LogP contribution in [-0.4, -0.2) is 27.2 Å². The minimum Gasteiger partial charge on any atom is -0.481 e. The van der Waals surface area contributed by atoms with E-state index in [9.17, 15) is 4.79 Å². The first kappa shape index (κ1) is 15.7. The van der Waals surface area contributed by atoms with Gasteiger partial charge in [-0.3, -0.25) is 4.79 Å². The second-order valence-electron chi connectivity index (χ2n) is 5.46. The van der Waals surface area contributed by atoms with Crippen LogP contribution in [0.15, 0.2) is 12.5 Å². The number of rotatable bonds is 9. The Balaban J connectivity index is 2.52. The Kier molecular flexibility index (Phi) is 6.56. The summed E-state index contributed by atoms with van der Waals surface area (Å²) in [6, 6.07) is 0. The lowest BCUT2D eigenvalue weighted by Gasteiger charge is -2.09. The Hall–Kier alpha value is -1.36. The second-order valence-corrected chi connectivity index (χ2v) is 5.46. The summed E-state index contributed by atoms with van der Waals surface area (Å²) in [5.74, 6) is -0.482. The zero-order chi connectivity index (χ0) is 14.3. The SMILES string of the molecule is CC(C)CCn1cnc(CC(CCCN)C(=O)O)c1. The Labute approximate surface area is 114 Å². The third kappa shape index (κ3) is 5.87. The fourth-order valence-corrected chi connectivity index (χ4v) is 1.97. The molecule has 0 aliphatic rings. The van der Waals surface area contributed by atoms with Crippen LogP contribution in [0, 0.1) is 11.8 Å². The van der Waals surface area contributed by atoms with E-state index in [4.69, 9.17) is 10.8 Å². The smallest absolute Gasteiger partial charge is 0.306 e. The maximum Gasteiger partial charge on any atom is 0.306 e. The molecule has 1 rings (SSSR count). The summed E-state index contributed by atoms with van der Waals surface area (Å²) in [5.41, 5.74) is 6.28. The van der Waals surface area contributed by atoms with Gasteiger partial charge < -0.3 is 15.4 Å². The van der Waals surface area contributed by atoms with Gasteiger partial charge in [-0.25, -0.2) is 4.98 Å². The highest BCUT2D eigenvalue weighted by Crippen LogP contribution is 2.14. The van der Waals surface area contributed by atoms with Crippen LogP contribution in [0.1, 0.15) is 38.8 Å². The third-order valence-electron chi connectivity index (χ3n) is 3.21. The van der Waals surface area contributed by atoms with E-state index in [1.807, 2.05) is 10.8 Å². The van der Waals surface area contributed by atoms with Crippen molar-refractivity contribution in [2.24, 2.45) is 17.6 Å². The minimum atomic E-state index is -0.759. The normalized spacial score (nSPS) is 12.8. The van der Waals surface area contributed by atoms with Crippen LogP contribution in [0.4, 0.5) is 0 Å². The van der Waals surface area contributed by atoms with Gasteiger partial charge in [-0.1, -0.05) is 13.8 Å². The molecule has 0 saturated heterocycles. The van der Waals surface area contributed by atoms with Crippen molar-refractivity contribution >= 4 is 5.97 Å². The first-order valence-electron chi connectivity index (χ1n) is 6.96. The lowest BCUT2D eigenvalue weighted by atomic mass is 9.98. The van der Waals surface area contributed by atoms with Gasteiger partial charge in [-0.2, -0.15) is 0 Å². The van der Waals surface area contributed by atoms with Crippen LogP contribution in [0.3, 0.4) is 0 Å². The molecule has 5 heteroatoms. The van der Waals surface area contributed by atoms with Crippen LogP contribution in [-0.2, 0) is 17.8 Å². The monoisotopic (exact) mass is 267 g/mol. The van der Waals surface area contributed by atoms with Crippen molar-refractivity contribution < 1.29 is 9.90 Å². The van der Waals surface area contributed by atoms with Crippen molar-refractivity contribution in [3.05, 3.63) is 18.2 Å². The van der Waals surface area contributed by atoms with E-state index < -0.39 is 5.97 Å². The Morgan fingerprint density at radius 2 is 2.21 bits per heavy atom. The van der Waals surface area contributed by atoms with Crippen molar-refractivity contribution in [1.82, 2.24) is 9.55 Å². The molecule has 0 aliphatic carbocycles. The van der Waals surface area contributed by atoms with Crippen LogP contribution in [0.2, 0.25) is 0 Å². The van der Waals surface area contributed by atoms with Crippen molar-refractivity contribution in [3.8, 4) is 0 Å². The number of imidazole rings is 1. The number of aliphatic carboxylic acids is 1. The number of carboxylic acids is 1. The lowest BCUT2D eigenvalue weighted by Crippen LogP contribution is -2.18. The number of hydrogen-bond donors (Lipinski definition) is 2. The van der Waals surface area contributed by atoms with E-state index in [2.05, 4.69) is 18.8 Å². The third-order valence-corrected chi connectivity index (χ3v) is 3.21. The summed E-state index contributed by atoms with van der Waals surface area (Å²) in [5, 5.41) is 9.17. The Morgan fingerprint density at radius 3 is 2.79 bits per heavy atom. The molecule has 0 aromatic carbocycles. The number of aryl methyl sites for hydroxylation is 1. The molecule has 0 fully saturated rings. The predicted octanol–water partition coefficient (Wildman–Crippen LogP) is 1.91. The van der Waals surface area contributed by atoms with Gasteiger partial charge in [0.2, 0.25) is 0 Å². The van der Waals surface area contributed by atoms with E-state index in [1.165, 1.54) is 0 Å². The molecule has 1 atom stereocenters. The summed E-state index contributed by atoms with van der Waals surface area (Å²) >= 11 is 0. The van der Waals surface area contributed by atoms with Crippen LogP contribution < -0.4 is 5.73 Å². The van der Waals surface area contributed by atoms with Gasteiger partial charge in [0.1, 0.15) is 0 Å². The molecular weight excluding hydrogens is 242 g/mol. The van der Waals surface area contributed by atoms with Crippen LogP contribution >= 0.6 is 0 Å². The number of aromatic nitrogens is 2. The summed E-state index contributed by atoms with van der Waals surface area (Å²) in [4.78, 5) is 15.4. The van der Waals surface area contributed by atoms with Crippen LogP contribution in [0.5, 0.6) is 0 Å². The van der Waals surface area contributed by atoms with E-state index in [0.29, 0.717) is 25.3 Å². The largest absolute Gasteiger partial charge is 0.481 e. The van der Waals surface area contributed by atoms with Crippen molar-refractivity contribution in [2.45, 2.75) is 46.1 Å². The number of nitrogens with zero attached hydrogens (tertiary/aromatic N) is 2. The molecule has 5 nitrogen and oxygen atoms in total. The number of nitrogens with two attached hydrogens (primary N) is 1. The van der Waals surface area contributed by atoms with Gasteiger partial charge in [0.15, 0.2) is 0 Å². The second kappa shape index (κ2) is 7.94. The molecular formula is C14H25N3O2. The summed E-state index contributed by atoms with van der Waals surface area (Å²) in [6.45, 7) is 5.84. The van der Waals surface area contributed by atoms with E-state index in [1.54, 1.807) is 6.33 Å². The van der Waals surface area contributed by atoms with E-state index >= 15 is 0 Å². The molecule has 3 N–H and O–H groups in total. The summed E-state index contributed by atoms with van der Waals surface area (Å²) < 4.78 is 2.04. The predicted molar refractivity (Wildman–Crippen MR) is 74.8 cm³/mol. The summed E-state index contributed by atoms with van der Waals surface area (Å²) in [7, 11) is 0. The average molecular weight is 267 g/mol. The highest BCUT2D eigenvalue weighted by atomic mass is 16.4. The topological polar surface area (TPSA) is 81.1 Å². The van der Waals surface area contributed by atoms with E-state index in [-0.39, 0.29) is 5.92 Å². The van der Waals surface area contributed by atoms with Crippen molar-refractivity contribution in [3.63, 3.8) is 0 Å². The average Bonchev–Trinajstić information content (AvgIpc) is 2.79. The first-order valence-corrected chi connectivity index (χ1v) is 6.96. The van der Waals surface area contributed by atoms with Crippen molar-refractivity contribution in [1.29, 1.82) is 0 Å². The molecule has 0 bridgehead atoms. The fraction of sp³-hybridized carbons (Fsp3) is 0.714. The van der Waals surface area contributed by atoms with Gasteiger partial charge in [0.25, 0.3) is 0 Å². The number of carbonyl (C=O) groups is 1. The molecule has 19 heavy (non-hydrogen) atoms. The molecule has 0 spiro atoms. The maximum atomic E-state index is 11.2. The number of hydrogen-bond acceptors (Lipinski definition) is 3. The Bertz CT molecular complexity index is 388. The molecule has 108 valence electrons. The highest BCUT2D eigenvalue weighted by Gasteiger charge is 2.18. The molecule has 1 aromatic heterocycles. The Morgan fingerprint density at radius 1 is 1.47 bits per heavy atom. The maximum absolute atomic E-state index is 11.2. The standard InChI is InChI=1S/C14H25N3O2/c1-11(2)5-7-17-9-13(16-10-17)8-12(14(18)19)4-3-6-15/h9-12H,3-8,15H2,1-2H3,(H,18,19). The van der Waals surface area contributed by atoms with Crippen molar-refractivity contribution in [2.75, 3.05) is 6.54 Å². The quantitative estimate of drug-likeness (QED) is 0.716. The minimum absolute atomic E-state index is 0.378. The highest BCUT2D eigenvalue weighted by molar-refractivity contribution is 5.70. The van der Waals surface area contributed by atoms with Gasteiger partial charge >= 0.3 is 5.97 Å². The molecule has 1 unspecified atom stereocenters. The van der Waals surface area contributed by atoms with Gasteiger partial charge in [-0.15, -0.1) is 0 Å². The fourth-order valence-electron chi connectivity index (χ4n) is 1.97. The molecule has 1 aromatic rings. The molecule has 0 radical (unpaired) electrons. The molecule has 0 aliphatic heterocycles. The molecule has 0 amide bonds. The van der Waals surface area contributed by atoms with Crippen LogP contribution in [0.25, 0.3) is 0 Å². The molecule has 1 heterocycles. The van der Waals surface area contributed by atoms with Gasteiger partial charge in [0.05, 0.1) is 17.9 Å². The van der Waals surface area contributed by atoms with Gasteiger partial charge in [0, 0.05) is 19.2 Å². The molecule has 0 saturated carbocycles. The first-order chi connectivity index (χ1) is 9.02. The van der Waals surface area contributed by atoms with Gasteiger partial charge in [-0.05, 0) is 31.7 Å². The summed E-state index contributed by atoms with van der Waals surface area (Å²) in [6.07, 6.45) is 6.70. The lowest BCUT2D eigenvalue weighted by molar-refractivity contribution is -0.142. The zero-order valence-electron chi connectivity index (χ0n) is 11.9. The van der Waals surface area contributed by atoms with E-state index in [0.717, 1.165) is 25.1 Å². The number of carboxylic acid groups (broad SMARTS) is 1. The zero-order valence-corrected chi connectivity index (χ0v) is 11.9.